The van der Waals surface area contributed by atoms with Gasteiger partial charge in [0.25, 0.3) is 0 Å². The van der Waals surface area contributed by atoms with E-state index in [-0.39, 0.29) is 11.1 Å². The summed E-state index contributed by atoms with van der Waals surface area (Å²) in [5.41, 5.74) is -0.380. The molecule has 6 heteroatoms. The summed E-state index contributed by atoms with van der Waals surface area (Å²) in [6, 6.07) is 15.2. The maximum absolute atomic E-state index is 10.5. The average Bonchev–Trinajstić information content (AvgIpc) is 2.58. The van der Waals surface area contributed by atoms with Crippen LogP contribution in [0.5, 0.6) is 5.75 Å². The Balaban J connectivity index is 0.000000382. The van der Waals surface area contributed by atoms with Gasteiger partial charge >= 0.3 is 11.9 Å². The molecule has 0 radical (unpaired) electrons. The molecule has 0 unspecified atom stereocenters. The molecule has 2 N–H and O–H groups in total. The number of carbonyl (C=O) groups excluding carboxylic acids is 1. The summed E-state index contributed by atoms with van der Waals surface area (Å²) in [5.74, 6) is -1.55. The van der Waals surface area contributed by atoms with Crippen molar-refractivity contribution in [2.75, 3.05) is 7.11 Å². The van der Waals surface area contributed by atoms with Gasteiger partial charge in [-0.25, -0.2) is 9.59 Å². The van der Waals surface area contributed by atoms with Crippen LogP contribution < -0.4 is 4.74 Å². The van der Waals surface area contributed by atoms with Gasteiger partial charge in [-0.15, -0.1) is 0 Å². The fourth-order valence-corrected chi connectivity index (χ4v) is 1.41. The molecule has 0 fully saturated rings. The van der Waals surface area contributed by atoms with E-state index in [0.717, 1.165) is 5.75 Å². The number of hydrogen-bond acceptors (Lipinski definition) is 4. The standard InChI is InChI=1S/C8H6O4.C7H8O.CH2O/c9-7(10)5-3-1-2-4-6(5)8(11)12;1-8-7-5-3-2-4-6-7;1-2/h1-4H,(H,9,10)(H,11,12);2-6H,1H3;1H2. The predicted molar refractivity (Wildman–Crippen MR) is 80.5 cm³/mol. The van der Waals surface area contributed by atoms with Crippen LogP contribution in [0.25, 0.3) is 0 Å². The minimum absolute atomic E-state index is 0.190. The molecule has 22 heavy (non-hydrogen) atoms. The Hall–Kier alpha value is -3.15. The van der Waals surface area contributed by atoms with Gasteiger partial charge < -0.3 is 19.7 Å². The molecule has 0 atom stereocenters. The van der Waals surface area contributed by atoms with Crippen LogP contribution in [0, 0.1) is 0 Å². The first-order valence-corrected chi connectivity index (χ1v) is 5.99. The SMILES string of the molecule is C=O.COc1ccccc1.O=C(O)c1ccccc1C(=O)O. The lowest BCUT2D eigenvalue weighted by atomic mass is 10.1. The summed E-state index contributed by atoms with van der Waals surface area (Å²) in [6.07, 6.45) is 0. The van der Waals surface area contributed by atoms with Crippen LogP contribution in [0.3, 0.4) is 0 Å². The molecule has 0 aliphatic rings. The molecule has 0 amide bonds. The normalized spacial score (nSPS) is 8.41. The van der Waals surface area contributed by atoms with Crippen molar-refractivity contribution in [1.82, 2.24) is 0 Å². The largest absolute Gasteiger partial charge is 0.497 e. The van der Waals surface area contributed by atoms with E-state index in [0.29, 0.717) is 0 Å². The van der Waals surface area contributed by atoms with E-state index < -0.39 is 11.9 Å². The van der Waals surface area contributed by atoms with E-state index >= 15 is 0 Å². The first-order chi connectivity index (χ1) is 10.6. The molecule has 0 bridgehead atoms. The third-order valence-electron chi connectivity index (χ3n) is 2.37. The summed E-state index contributed by atoms with van der Waals surface area (Å²) in [4.78, 5) is 28.9. The molecule has 6 nitrogen and oxygen atoms in total. The molecular formula is C16H16O6. The van der Waals surface area contributed by atoms with Crippen molar-refractivity contribution < 1.29 is 29.3 Å². The molecule has 2 aromatic carbocycles. The number of ether oxygens (including phenoxy) is 1. The molecule has 0 aliphatic carbocycles. The Bertz CT molecular complexity index is 562. The molecule has 0 aliphatic heterocycles. The second-order valence-electron chi connectivity index (χ2n) is 3.67. The number of hydrogen-bond donors (Lipinski definition) is 2. The maximum atomic E-state index is 10.5. The molecular weight excluding hydrogens is 288 g/mol. The first-order valence-electron chi connectivity index (χ1n) is 5.99. The third-order valence-corrected chi connectivity index (χ3v) is 2.37. The fourth-order valence-electron chi connectivity index (χ4n) is 1.41. The lowest BCUT2D eigenvalue weighted by Crippen LogP contribution is -2.06. The van der Waals surface area contributed by atoms with Crippen LogP contribution in [0.1, 0.15) is 20.7 Å². The van der Waals surface area contributed by atoms with Gasteiger partial charge in [0.1, 0.15) is 12.5 Å². The highest BCUT2D eigenvalue weighted by atomic mass is 16.5. The van der Waals surface area contributed by atoms with Crippen LogP contribution >= 0.6 is 0 Å². The fraction of sp³-hybridized carbons (Fsp3) is 0.0625. The zero-order valence-electron chi connectivity index (χ0n) is 11.9. The highest BCUT2D eigenvalue weighted by Gasteiger charge is 2.13. The molecule has 2 rings (SSSR count). The third kappa shape index (κ3) is 6.33. The maximum Gasteiger partial charge on any atom is 0.336 e. The summed E-state index contributed by atoms with van der Waals surface area (Å²) >= 11 is 0. The average molecular weight is 304 g/mol. The number of rotatable bonds is 3. The number of benzene rings is 2. The van der Waals surface area contributed by atoms with E-state index in [1.165, 1.54) is 24.3 Å². The molecule has 0 saturated carbocycles. The van der Waals surface area contributed by atoms with Crippen LogP contribution in [-0.2, 0) is 4.79 Å². The van der Waals surface area contributed by atoms with E-state index in [1.807, 2.05) is 37.1 Å². The van der Waals surface area contributed by atoms with Gasteiger partial charge in [-0.2, -0.15) is 0 Å². The highest BCUT2D eigenvalue weighted by molar-refractivity contribution is 6.01. The van der Waals surface area contributed by atoms with Gasteiger partial charge in [-0.3, -0.25) is 0 Å². The van der Waals surface area contributed by atoms with Crippen molar-refractivity contribution in [3.8, 4) is 5.75 Å². The van der Waals surface area contributed by atoms with Crippen molar-refractivity contribution >= 4 is 18.7 Å². The van der Waals surface area contributed by atoms with Gasteiger partial charge in [0.05, 0.1) is 18.2 Å². The molecule has 2 aromatic rings. The summed E-state index contributed by atoms with van der Waals surface area (Å²) in [5, 5.41) is 17.1. The van der Waals surface area contributed by atoms with Crippen molar-refractivity contribution in [2.24, 2.45) is 0 Å². The number of aromatic carboxylic acids is 2. The van der Waals surface area contributed by atoms with Crippen LogP contribution in [0.4, 0.5) is 0 Å². The van der Waals surface area contributed by atoms with Crippen molar-refractivity contribution in [2.45, 2.75) is 0 Å². The smallest absolute Gasteiger partial charge is 0.336 e. The van der Waals surface area contributed by atoms with Crippen molar-refractivity contribution in [3.05, 3.63) is 65.7 Å². The van der Waals surface area contributed by atoms with Crippen LogP contribution in [0.2, 0.25) is 0 Å². The summed E-state index contributed by atoms with van der Waals surface area (Å²) < 4.78 is 4.91. The zero-order chi connectivity index (χ0) is 17.0. The minimum Gasteiger partial charge on any atom is -0.497 e. The number of carbonyl (C=O) groups is 3. The molecule has 0 heterocycles. The lowest BCUT2D eigenvalue weighted by Gasteiger charge is -1.98. The number of carboxylic acid groups (broad SMARTS) is 2. The zero-order valence-corrected chi connectivity index (χ0v) is 11.9. The number of methoxy groups -OCH3 is 1. The Labute approximate surface area is 127 Å². The van der Waals surface area contributed by atoms with Gasteiger partial charge in [-0.1, -0.05) is 30.3 Å². The Kier molecular flexibility index (Phi) is 9.10. The summed E-state index contributed by atoms with van der Waals surface area (Å²) in [7, 11) is 1.66. The van der Waals surface area contributed by atoms with Gasteiger partial charge in [0.2, 0.25) is 0 Å². The summed E-state index contributed by atoms with van der Waals surface area (Å²) in [6.45, 7) is 2.00. The molecule has 0 saturated heterocycles. The van der Waals surface area contributed by atoms with Crippen LogP contribution in [-0.4, -0.2) is 36.1 Å². The first kappa shape index (κ1) is 18.9. The Morgan fingerprint density at radius 1 is 0.818 bits per heavy atom. The van der Waals surface area contributed by atoms with Gasteiger partial charge in [0, 0.05) is 0 Å². The van der Waals surface area contributed by atoms with E-state index in [1.54, 1.807) is 7.11 Å². The molecule has 116 valence electrons. The monoisotopic (exact) mass is 304 g/mol. The quantitative estimate of drug-likeness (QED) is 0.903. The van der Waals surface area contributed by atoms with E-state index in [2.05, 4.69) is 0 Å². The number of para-hydroxylation sites is 1. The predicted octanol–water partition coefficient (Wildman–Crippen LogP) is 2.59. The van der Waals surface area contributed by atoms with Gasteiger partial charge in [0.15, 0.2) is 0 Å². The lowest BCUT2D eigenvalue weighted by molar-refractivity contribution is -0.0980. The van der Waals surface area contributed by atoms with Crippen molar-refractivity contribution in [1.29, 1.82) is 0 Å². The Morgan fingerprint density at radius 3 is 1.45 bits per heavy atom. The molecule has 0 aromatic heterocycles. The second kappa shape index (κ2) is 10.6. The second-order valence-corrected chi connectivity index (χ2v) is 3.67. The molecule has 0 spiro atoms. The van der Waals surface area contributed by atoms with Gasteiger partial charge in [-0.05, 0) is 24.3 Å². The Morgan fingerprint density at radius 2 is 1.18 bits per heavy atom. The van der Waals surface area contributed by atoms with Crippen LogP contribution in [0.15, 0.2) is 54.6 Å². The van der Waals surface area contributed by atoms with Crippen molar-refractivity contribution in [3.63, 3.8) is 0 Å². The highest BCUT2D eigenvalue weighted by Crippen LogP contribution is 2.08. The number of carboxylic acids is 2. The minimum atomic E-state index is -1.23. The van der Waals surface area contributed by atoms with E-state index in [9.17, 15) is 9.59 Å². The topological polar surface area (TPSA) is 101 Å². The van der Waals surface area contributed by atoms with E-state index in [4.69, 9.17) is 19.7 Å².